The number of ketones is 1. The third-order valence-corrected chi connectivity index (χ3v) is 3.40. The van der Waals surface area contributed by atoms with Crippen molar-refractivity contribution in [3.8, 4) is 11.5 Å². The summed E-state index contributed by atoms with van der Waals surface area (Å²) in [4.78, 5) is 24.0. The molecule has 3 rings (SSSR count). The number of Topliss-reactive ketones (excluding diaryl/α,β-unsaturated/α-hetero) is 1. The lowest BCUT2D eigenvalue weighted by Gasteiger charge is -2.06. The molecule has 0 amide bonds. The van der Waals surface area contributed by atoms with E-state index in [1.165, 1.54) is 0 Å². The Balaban J connectivity index is 1.60. The molecule has 0 bridgehead atoms. The van der Waals surface area contributed by atoms with Crippen LogP contribution in [0.15, 0.2) is 42.5 Å². The van der Waals surface area contributed by atoms with Crippen molar-refractivity contribution >= 4 is 11.8 Å². The van der Waals surface area contributed by atoms with Crippen LogP contribution >= 0.6 is 0 Å². The van der Waals surface area contributed by atoms with Gasteiger partial charge in [-0.05, 0) is 35.9 Å². The van der Waals surface area contributed by atoms with Crippen molar-refractivity contribution in [1.82, 2.24) is 0 Å². The summed E-state index contributed by atoms with van der Waals surface area (Å²) >= 11 is 0. The lowest BCUT2D eigenvalue weighted by atomic mass is 10.1. The average Bonchev–Trinajstić information content (AvgIpc) is 3.07. The highest BCUT2D eigenvalue weighted by Crippen LogP contribution is 2.32. The van der Waals surface area contributed by atoms with Gasteiger partial charge in [-0.25, -0.2) is 4.79 Å². The molecular formula is C17H14O6. The smallest absolute Gasteiger partial charge is 0.338 e. The second kappa shape index (κ2) is 6.50. The van der Waals surface area contributed by atoms with Crippen molar-refractivity contribution in [3.63, 3.8) is 0 Å². The molecule has 0 atom stereocenters. The maximum absolute atomic E-state index is 12.1. The average molecular weight is 314 g/mol. The van der Waals surface area contributed by atoms with Crippen molar-refractivity contribution in [2.24, 2.45) is 0 Å². The summed E-state index contributed by atoms with van der Waals surface area (Å²) in [6.45, 7) is -0.329. The molecule has 0 aliphatic carbocycles. The highest BCUT2D eigenvalue weighted by Gasteiger charge is 2.17. The number of aliphatic hydroxyl groups is 1. The van der Waals surface area contributed by atoms with E-state index in [0.717, 1.165) is 0 Å². The topological polar surface area (TPSA) is 82.1 Å². The molecular weight excluding hydrogens is 300 g/mol. The number of benzene rings is 2. The van der Waals surface area contributed by atoms with Gasteiger partial charge in [0.25, 0.3) is 0 Å². The van der Waals surface area contributed by atoms with E-state index in [2.05, 4.69) is 0 Å². The highest BCUT2D eigenvalue weighted by atomic mass is 16.7. The van der Waals surface area contributed by atoms with E-state index < -0.39 is 5.97 Å². The molecule has 0 saturated carbocycles. The van der Waals surface area contributed by atoms with Crippen LogP contribution in [0.2, 0.25) is 0 Å². The van der Waals surface area contributed by atoms with Gasteiger partial charge in [-0.15, -0.1) is 0 Å². The predicted octanol–water partition coefficient (Wildman–Crippen LogP) is 1.95. The fourth-order valence-electron chi connectivity index (χ4n) is 2.11. The van der Waals surface area contributed by atoms with Crippen molar-refractivity contribution in [2.45, 2.75) is 6.61 Å². The minimum atomic E-state index is -0.594. The molecule has 0 unspecified atom stereocenters. The zero-order chi connectivity index (χ0) is 16.2. The molecule has 0 spiro atoms. The van der Waals surface area contributed by atoms with Gasteiger partial charge in [-0.2, -0.15) is 0 Å². The van der Waals surface area contributed by atoms with Gasteiger partial charge in [-0.3, -0.25) is 4.79 Å². The second-order valence-electron chi connectivity index (χ2n) is 4.92. The fraction of sp³-hybridized carbons (Fsp3) is 0.176. The van der Waals surface area contributed by atoms with Gasteiger partial charge in [0, 0.05) is 5.56 Å². The molecule has 6 nitrogen and oxygen atoms in total. The summed E-state index contributed by atoms with van der Waals surface area (Å²) in [5.74, 6) is 0.163. The number of rotatable bonds is 5. The Kier molecular flexibility index (Phi) is 4.25. The molecule has 1 aliphatic heterocycles. The molecule has 1 N–H and O–H groups in total. The van der Waals surface area contributed by atoms with E-state index in [9.17, 15) is 9.59 Å². The van der Waals surface area contributed by atoms with Crippen LogP contribution in [-0.4, -0.2) is 30.3 Å². The molecule has 0 saturated heterocycles. The third-order valence-electron chi connectivity index (χ3n) is 3.40. The molecule has 6 heteroatoms. The predicted molar refractivity (Wildman–Crippen MR) is 79.5 cm³/mol. The lowest BCUT2D eigenvalue weighted by Crippen LogP contribution is -2.14. The standard InChI is InChI=1S/C17H14O6/c18-8-11-1-3-12(4-2-11)17(20)21-9-14(19)13-5-6-15-16(7-13)23-10-22-15/h1-7,18H,8-10H2. The van der Waals surface area contributed by atoms with Crippen LogP contribution < -0.4 is 9.47 Å². The molecule has 2 aromatic rings. The second-order valence-corrected chi connectivity index (χ2v) is 4.92. The van der Waals surface area contributed by atoms with Crippen LogP contribution in [0.5, 0.6) is 11.5 Å². The molecule has 118 valence electrons. The summed E-state index contributed by atoms with van der Waals surface area (Å²) in [6.07, 6.45) is 0. The van der Waals surface area contributed by atoms with Gasteiger partial charge in [0.15, 0.2) is 23.9 Å². The minimum absolute atomic E-state index is 0.0993. The summed E-state index contributed by atoms with van der Waals surface area (Å²) in [5, 5.41) is 8.96. The van der Waals surface area contributed by atoms with Gasteiger partial charge in [-0.1, -0.05) is 12.1 Å². The van der Waals surface area contributed by atoms with E-state index in [-0.39, 0.29) is 25.8 Å². The first kappa shape index (κ1) is 15.1. The quantitative estimate of drug-likeness (QED) is 0.671. The van der Waals surface area contributed by atoms with E-state index >= 15 is 0 Å². The molecule has 1 heterocycles. The van der Waals surface area contributed by atoms with Crippen LogP contribution in [0.3, 0.4) is 0 Å². The molecule has 2 aromatic carbocycles. The summed E-state index contributed by atoms with van der Waals surface area (Å²) in [6, 6.07) is 11.1. The number of carbonyl (C=O) groups is 2. The summed E-state index contributed by atoms with van der Waals surface area (Å²) < 4.78 is 15.4. The van der Waals surface area contributed by atoms with Crippen molar-refractivity contribution in [2.75, 3.05) is 13.4 Å². The summed E-state index contributed by atoms with van der Waals surface area (Å²) in [5.41, 5.74) is 1.40. The van der Waals surface area contributed by atoms with Crippen LogP contribution in [-0.2, 0) is 11.3 Å². The third kappa shape index (κ3) is 3.32. The Labute approximate surface area is 132 Å². The maximum Gasteiger partial charge on any atom is 0.338 e. The van der Waals surface area contributed by atoms with Gasteiger partial charge < -0.3 is 19.3 Å². The zero-order valence-corrected chi connectivity index (χ0v) is 12.2. The molecule has 0 fully saturated rings. The molecule has 0 radical (unpaired) electrons. The van der Waals surface area contributed by atoms with Gasteiger partial charge in [0.2, 0.25) is 6.79 Å². The zero-order valence-electron chi connectivity index (χ0n) is 12.2. The number of carbonyl (C=O) groups excluding carboxylic acids is 2. The van der Waals surface area contributed by atoms with Gasteiger partial charge in [0.1, 0.15) is 0 Å². The first-order valence-electron chi connectivity index (χ1n) is 6.97. The number of esters is 1. The van der Waals surface area contributed by atoms with E-state index in [1.54, 1.807) is 42.5 Å². The number of aliphatic hydroxyl groups excluding tert-OH is 1. The largest absolute Gasteiger partial charge is 0.454 e. The van der Waals surface area contributed by atoms with Crippen molar-refractivity contribution < 1.29 is 28.9 Å². The first-order valence-corrected chi connectivity index (χ1v) is 6.97. The summed E-state index contributed by atoms with van der Waals surface area (Å²) in [7, 11) is 0. The molecule has 23 heavy (non-hydrogen) atoms. The minimum Gasteiger partial charge on any atom is -0.454 e. The van der Waals surface area contributed by atoms with Crippen molar-refractivity contribution in [1.29, 1.82) is 0 Å². The van der Waals surface area contributed by atoms with Crippen LogP contribution in [0.1, 0.15) is 26.3 Å². The Hall–Kier alpha value is -2.86. The SMILES string of the molecule is O=C(COC(=O)c1ccc(CO)cc1)c1ccc2c(c1)OCO2. The highest BCUT2D eigenvalue weighted by molar-refractivity contribution is 5.99. The van der Waals surface area contributed by atoms with E-state index in [1.807, 2.05) is 0 Å². The lowest BCUT2D eigenvalue weighted by molar-refractivity contribution is 0.0474. The number of fused-ring (bicyclic) bond motifs is 1. The number of hydrogen-bond acceptors (Lipinski definition) is 6. The number of hydrogen-bond donors (Lipinski definition) is 1. The van der Waals surface area contributed by atoms with Crippen LogP contribution in [0.4, 0.5) is 0 Å². The van der Waals surface area contributed by atoms with Crippen LogP contribution in [0, 0.1) is 0 Å². The molecule has 1 aliphatic rings. The Morgan fingerprint density at radius 3 is 2.43 bits per heavy atom. The van der Waals surface area contributed by atoms with E-state index in [4.69, 9.17) is 19.3 Å². The Morgan fingerprint density at radius 2 is 1.70 bits per heavy atom. The molecule has 0 aromatic heterocycles. The Bertz CT molecular complexity index is 735. The monoisotopic (exact) mass is 314 g/mol. The normalized spacial score (nSPS) is 12.0. The first-order chi connectivity index (χ1) is 11.2. The fourth-order valence-corrected chi connectivity index (χ4v) is 2.11. The van der Waals surface area contributed by atoms with Crippen LogP contribution in [0.25, 0.3) is 0 Å². The Morgan fingerprint density at radius 1 is 1.00 bits per heavy atom. The van der Waals surface area contributed by atoms with Crippen molar-refractivity contribution in [3.05, 3.63) is 59.2 Å². The van der Waals surface area contributed by atoms with Gasteiger partial charge >= 0.3 is 5.97 Å². The van der Waals surface area contributed by atoms with E-state index in [0.29, 0.717) is 28.2 Å². The van der Waals surface area contributed by atoms with Gasteiger partial charge in [0.05, 0.1) is 12.2 Å². The maximum atomic E-state index is 12.1. The number of ether oxygens (including phenoxy) is 3.